The van der Waals surface area contributed by atoms with Gasteiger partial charge in [0.05, 0.1) is 11.5 Å². The number of urea groups is 1. The van der Waals surface area contributed by atoms with Gasteiger partial charge >= 0.3 is 6.03 Å². The maximum absolute atomic E-state index is 12.4. The van der Waals surface area contributed by atoms with E-state index in [0.29, 0.717) is 0 Å². The molecule has 182 valence electrons. The van der Waals surface area contributed by atoms with E-state index in [1.807, 2.05) is 23.4 Å². The zero-order valence-electron chi connectivity index (χ0n) is 20.7. The van der Waals surface area contributed by atoms with Gasteiger partial charge in [-0.2, -0.15) is 0 Å². The minimum Gasteiger partial charge on any atom is -0.382 e. The summed E-state index contributed by atoms with van der Waals surface area (Å²) in [5.41, 5.74) is 0. The minimum absolute atomic E-state index is 0.0236. The van der Waals surface area contributed by atoms with E-state index in [2.05, 4.69) is 12.2 Å². The number of rotatable bonds is 20. The van der Waals surface area contributed by atoms with Crippen LogP contribution in [0.5, 0.6) is 0 Å². The SMILES string of the molecule is CCCCCCCCCCCCCCCCCCNC(=O)N1C=CSC1CC(C)OC. The maximum atomic E-state index is 12.4. The molecule has 1 aliphatic rings. The molecule has 1 heterocycles. The van der Waals surface area contributed by atoms with E-state index >= 15 is 0 Å². The van der Waals surface area contributed by atoms with Gasteiger partial charge in [0.1, 0.15) is 0 Å². The van der Waals surface area contributed by atoms with Gasteiger partial charge in [0.25, 0.3) is 0 Å². The summed E-state index contributed by atoms with van der Waals surface area (Å²) in [5, 5.41) is 5.23. The number of unbranched alkanes of at least 4 members (excludes halogenated alkanes) is 15. The Morgan fingerprint density at radius 2 is 1.39 bits per heavy atom. The third kappa shape index (κ3) is 14.9. The van der Waals surface area contributed by atoms with Crippen LogP contribution in [0.2, 0.25) is 0 Å². The predicted molar refractivity (Wildman–Crippen MR) is 136 cm³/mol. The monoisotopic (exact) mass is 454 g/mol. The Labute approximate surface area is 197 Å². The van der Waals surface area contributed by atoms with Gasteiger partial charge in [0.2, 0.25) is 0 Å². The van der Waals surface area contributed by atoms with Crippen molar-refractivity contribution in [1.82, 2.24) is 10.2 Å². The lowest BCUT2D eigenvalue weighted by Crippen LogP contribution is -2.41. The van der Waals surface area contributed by atoms with E-state index in [9.17, 15) is 4.79 Å². The van der Waals surface area contributed by atoms with Crippen molar-refractivity contribution in [1.29, 1.82) is 0 Å². The lowest BCUT2D eigenvalue weighted by atomic mass is 10.0. The molecule has 1 aliphatic heterocycles. The van der Waals surface area contributed by atoms with E-state index in [4.69, 9.17) is 4.74 Å². The summed E-state index contributed by atoms with van der Waals surface area (Å²) in [7, 11) is 1.72. The van der Waals surface area contributed by atoms with Gasteiger partial charge in [0, 0.05) is 26.3 Å². The molecule has 5 heteroatoms. The largest absolute Gasteiger partial charge is 0.382 e. The fourth-order valence-corrected chi connectivity index (χ4v) is 5.12. The molecule has 0 aromatic rings. The van der Waals surface area contributed by atoms with Crippen LogP contribution in [-0.2, 0) is 4.74 Å². The number of nitrogens with zero attached hydrogens (tertiary/aromatic N) is 1. The van der Waals surface area contributed by atoms with E-state index in [-0.39, 0.29) is 17.5 Å². The molecule has 0 radical (unpaired) electrons. The minimum atomic E-state index is 0.0236. The number of hydrogen-bond donors (Lipinski definition) is 1. The van der Waals surface area contributed by atoms with Crippen LogP contribution < -0.4 is 5.32 Å². The molecule has 2 unspecified atom stereocenters. The molecular formula is C26H50N2O2S. The van der Waals surface area contributed by atoms with Gasteiger partial charge < -0.3 is 10.1 Å². The molecule has 0 bridgehead atoms. The maximum Gasteiger partial charge on any atom is 0.322 e. The molecular weight excluding hydrogens is 404 g/mol. The topological polar surface area (TPSA) is 41.6 Å². The molecule has 1 N–H and O–H groups in total. The van der Waals surface area contributed by atoms with Crippen molar-refractivity contribution in [3.63, 3.8) is 0 Å². The number of ether oxygens (including phenoxy) is 1. The van der Waals surface area contributed by atoms with Crippen molar-refractivity contribution >= 4 is 17.8 Å². The second kappa shape index (κ2) is 20.0. The Morgan fingerprint density at radius 3 is 1.87 bits per heavy atom. The molecule has 31 heavy (non-hydrogen) atoms. The van der Waals surface area contributed by atoms with Gasteiger partial charge in [0.15, 0.2) is 0 Å². The third-order valence-electron chi connectivity index (χ3n) is 6.24. The smallest absolute Gasteiger partial charge is 0.322 e. The Balaban J connectivity index is 1.85. The van der Waals surface area contributed by atoms with Crippen LogP contribution in [0.3, 0.4) is 0 Å². The normalized spacial score (nSPS) is 16.7. The van der Waals surface area contributed by atoms with E-state index in [1.54, 1.807) is 18.9 Å². The highest BCUT2D eigenvalue weighted by molar-refractivity contribution is 8.02. The average molecular weight is 455 g/mol. The number of hydrogen-bond acceptors (Lipinski definition) is 3. The fourth-order valence-electron chi connectivity index (χ4n) is 4.06. The molecule has 0 aliphatic carbocycles. The van der Waals surface area contributed by atoms with Crippen LogP contribution in [0, 0.1) is 0 Å². The van der Waals surface area contributed by atoms with Gasteiger partial charge in [-0.3, -0.25) is 4.90 Å². The van der Waals surface area contributed by atoms with Crippen LogP contribution in [0.4, 0.5) is 4.79 Å². The van der Waals surface area contributed by atoms with Crippen LogP contribution in [0.15, 0.2) is 11.6 Å². The number of methoxy groups -OCH3 is 1. The Kier molecular flexibility index (Phi) is 18.3. The second-order valence-corrected chi connectivity index (χ2v) is 10.2. The zero-order valence-corrected chi connectivity index (χ0v) is 21.5. The highest BCUT2D eigenvalue weighted by atomic mass is 32.2. The first-order valence-corrected chi connectivity index (χ1v) is 14.0. The molecule has 2 amide bonds. The van der Waals surface area contributed by atoms with Crippen molar-refractivity contribution < 1.29 is 9.53 Å². The van der Waals surface area contributed by atoms with Crippen molar-refractivity contribution in [2.75, 3.05) is 13.7 Å². The van der Waals surface area contributed by atoms with Crippen LogP contribution in [-0.4, -0.2) is 36.1 Å². The van der Waals surface area contributed by atoms with Crippen molar-refractivity contribution in [3.05, 3.63) is 11.6 Å². The molecule has 0 saturated heterocycles. The van der Waals surface area contributed by atoms with Crippen LogP contribution in [0.25, 0.3) is 0 Å². The molecule has 0 aromatic carbocycles. The Hall–Kier alpha value is -0.680. The molecule has 0 spiro atoms. The van der Waals surface area contributed by atoms with E-state index < -0.39 is 0 Å². The molecule has 2 atom stereocenters. The standard InChI is InChI=1S/C26H50N2O2S/c1-4-5-6-7-8-9-10-11-12-13-14-15-16-17-18-19-20-27-26(29)28-21-22-31-25(28)23-24(2)30-3/h21-22,24-25H,4-20,23H2,1-3H3,(H,27,29). The lowest BCUT2D eigenvalue weighted by Gasteiger charge is -2.25. The Morgan fingerprint density at radius 1 is 0.903 bits per heavy atom. The molecule has 1 rings (SSSR count). The number of thioether (sulfide) groups is 1. The Bertz CT molecular complexity index is 459. The molecule has 0 saturated carbocycles. The van der Waals surface area contributed by atoms with Gasteiger partial charge in [-0.25, -0.2) is 4.79 Å². The first-order chi connectivity index (χ1) is 15.2. The van der Waals surface area contributed by atoms with E-state index in [1.165, 1.54) is 96.3 Å². The summed E-state index contributed by atoms with van der Waals surface area (Å²) in [5.74, 6) is 0. The first kappa shape index (κ1) is 28.4. The van der Waals surface area contributed by atoms with Crippen LogP contribution >= 0.6 is 11.8 Å². The average Bonchev–Trinajstić information content (AvgIpc) is 3.23. The summed E-state index contributed by atoms with van der Waals surface area (Å²) in [6, 6.07) is 0.0236. The summed E-state index contributed by atoms with van der Waals surface area (Å²) in [4.78, 5) is 14.2. The highest BCUT2D eigenvalue weighted by Gasteiger charge is 2.26. The number of carbonyl (C=O) groups excluding carboxylic acids is 1. The molecule has 4 nitrogen and oxygen atoms in total. The van der Waals surface area contributed by atoms with Gasteiger partial charge in [-0.05, 0) is 18.8 Å². The summed E-state index contributed by atoms with van der Waals surface area (Å²) in [6.45, 7) is 5.11. The molecule has 0 aromatic heterocycles. The van der Waals surface area contributed by atoms with Crippen LogP contribution in [0.1, 0.15) is 123 Å². The summed E-state index contributed by atoms with van der Waals surface area (Å²) >= 11 is 1.69. The summed E-state index contributed by atoms with van der Waals surface area (Å²) < 4.78 is 5.34. The second-order valence-electron chi connectivity index (χ2n) is 9.10. The van der Waals surface area contributed by atoms with Gasteiger partial charge in [-0.15, -0.1) is 11.8 Å². The number of carbonyl (C=O) groups is 1. The third-order valence-corrected chi connectivity index (χ3v) is 7.26. The van der Waals surface area contributed by atoms with Crippen molar-refractivity contribution in [3.8, 4) is 0 Å². The zero-order chi connectivity index (χ0) is 22.6. The molecule has 0 fully saturated rings. The van der Waals surface area contributed by atoms with Gasteiger partial charge in [-0.1, -0.05) is 103 Å². The number of amides is 2. The van der Waals surface area contributed by atoms with Crippen molar-refractivity contribution in [2.24, 2.45) is 0 Å². The van der Waals surface area contributed by atoms with Crippen molar-refractivity contribution in [2.45, 2.75) is 134 Å². The quantitative estimate of drug-likeness (QED) is 0.188. The fraction of sp³-hybridized carbons (Fsp3) is 0.885. The summed E-state index contributed by atoms with van der Waals surface area (Å²) in [6.07, 6.45) is 24.8. The lowest BCUT2D eigenvalue weighted by molar-refractivity contribution is 0.101. The predicted octanol–water partition coefficient (Wildman–Crippen LogP) is 8.23. The first-order valence-electron chi connectivity index (χ1n) is 13.1. The van der Waals surface area contributed by atoms with E-state index in [0.717, 1.165) is 19.4 Å². The highest BCUT2D eigenvalue weighted by Crippen LogP contribution is 2.29. The number of nitrogens with one attached hydrogen (secondary N) is 1.